The fraction of sp³-hybridized carbons (Fsp3) is 0.500. The van der Waals surface area contributed by atoms with Crippen molar-refractivity contribution >= 4 is 18.3 Å². The number of hydrogen-bond acceptors (Lipinski definition) is 2. The summed E-state index contributed by atoms with van der Waals surface area (Å²) in [6, 6.07) is 7.74. The number of nitrogens with two attached hydrogens (primary N) is 1. The Balaban J connectivity index is 0.00000289. The van der Waals surface area contributed by atoms with Gasteiger partial charge >= 0.3 is 0 Å². The molecule has 0 bridgehead atoms. The van der Waals surface area contributed by atoms with E-state index in [1.54, 1.807) is 0 Å². The zero-order valence-corrected chi connectivity index (χ0v) is 12.1. The summed E-state index contributed by atoms with van der Waals surface area (Å²) in [6.45, 7) is 6.39. The second-order valence-corrected chi connectivity index (χ2v) is 5.12. The van der Waals surface area contributed by atoms with Crippen molar-refractivity contribution < 1.29 is 4.79 Å². The van der Waals surface area contributed by atoms with Crippen LogP contribution < -0.4 is 11.1 Å². The van der Waals surface area contributed by atoms with Crippen molar-refractivity contribution in [3.8, 4) is 0 Å². The summed E-state index contributed by atoms with van der Waals surface area (Å²) in [5, 5.41) is 2.83. The zero-order chi connectivity index (χ0) is 12.9. The molecule has 0 saturated carbocycles. The molecule has 1 aromatic rings. The molecule has 0 aliphatic carbocycles. The molecule has 18 heavy (non-hydrogen) atoms. The highest BCUT2D eigenvalue weighted by atomic mass is 35.5. The van der Waals surface area contributed by atoms with Gasteiger partial charge in [0.1, 0.15) is 0 Å². The maximum Gasteiger partial charge on any atom is 0.251 e. The number of rotatable bonds is 5. The molecule has 3 nitrogen and oxygen atoms in total. The standard InChI is InChI=1S/C14H22N2O.ClH/c1-4-5-11-6-8-12(9-7-11)13(17)16-10-14(2,3)15;/h6-9H,4-5,10,15H2,1-3H3,(H,16,17);1H. The van der Waals surface area contributed by atoms with Gasteiger partial charge in [-0.1, -0.05) is 25.5 Å². The minimum atomic E-state index is -0.377. The van der Waals surface area contributed by atoms with Gasteiger partial charge in [-0.3, -0.25) is 4.79 Å². The fourth-order valence-electron chi connectivity index (χ4n) is 1.52. The molecule has 0 heterocycles. The summed E-state index contributed by atoms with van der Waals surface area (Å²) in [5.74, 6) is -0.0634. The molecule has 0 aromatic heterocycles. The molecule has 4 heteroatoms. The lowest BCUT2D eigenvalue weighted by molar-refractivity contribution is 0.0946. The van der Waals surface area contributed by atoms with E-state index >= 15 is 0 Å². The lowest BCUT2D eigenvalue weighted by Gasteiger charge is -2.18. The first-order valence-electron chi connectivity index (χ1n) is 6.08. The smallest absolute Gasteiger partial charge is 0.251 e. The largest absolute Gasteiger partial charge is 0.350 e. The normalized spacial score (nSPS) is 10.7. The molecule has 0 aliphatic rings. The van der Waals surface area contributed by atoms with E-state index in [1.165, 1.54) is 5.56 Å². The predicted octanol–water partition coefficient (Wildman–Crippen LogP) is 2.53. The first kappa shape index (κ1) is 16.9. The van der Waals surface area contributed by atoms with Crippen LogP contribution in [0, 0.1) is 0 Å². The number of hydrogen-bond donors (Lipinski definition) is 2. The third-order valence-corrected chi connectivity index (χ3v) is 2.46. The van der Waals surface area contributed by atoms with E-state index in [1.807, 2.05) is 38.1 Å². The topological polar surface area (TPSA) is 55.1 Å². The molecular weight excluding hydrogens is 248 g/mol. The molecule has 0 radical (unpaired) electrons. The second kappa shape index (κ2) is 7.39. The van der Waals surface area contributed by atoms with Gasteiger partial charge in [-0.2, -0.15) is 0 Å². The minimum Gasteiger partial charge on any atom is -0.350 e. The van der Waals surface area contributed by atoms with E-state index in [-0.39, 0.29) is 23.9 Å². The molecule has 0 unspecified atom stereocenters. The minimum absolute atomic E-state index is 0. The second-order valence-electron chi connectivity index (χ2n) is 5.12. The van der Waals surface area contributed by atoms with E-state index < -0.39 is 0 Å². The number of amides is 1. The third-order valence-electron chi connectivity index (χ3n) is 2.46. The summed E-state index contributed by atoms with van der Waals surface area (Å²) >= 11 is 0. The molecule has 0 spiro atoms. The number of benzene rings is 1. The SMILES string of the molecule is CCCc1ccc(C(=O)NCC(C)(C)N)cc1.Cl. The van der Waals surface area contributed by atoms with Crippen molar-refractivity contribution in [2.24, 2.45) is 5.73 Å². The summed E-state index contributed by atoms with van der Waals surface area (Å²) in [5.41, 5.74) is 7.39. The number of aryl methyl sites for hydroxylation is 1. The van der Waals surface area contributed by atoms with Crippen LogP contribution in [0.3, 0.4) is 0 Å². The summed E-state index contributed by atoms with van der Waals surface area (Å²) in [4.78, 5) is 11.8. The van der Waals surface area contributed by atoms with Crippen LogP contribution >= 0.6 is 12.4 Å². The molecule has 1 amide bonds. The lowest BCUT2D eigenvalue weighted by Crippen LogP contribution is -2.45. The molecule has 1 aromatic carbocycles. The van der Waals surface area contributed by atoms with Crippen LogP contribution in [0.1, 0.15) is 43.1 Å². The number of nitrogens with one attached hydrogen (secondary N) is 1. The van der Waals surface area contributed by atoms with Gasteiger partial charge in [-0.25, -0.2) is 0 Å². The molecule has 3 N–H and O–H groups in total. The van der Waals surface area contributed by atoms with Crippen molar-refractivity contribution in [2.45, 2.75) is 39.2 Å². The van der Waals surface area contributed by atoms with Crippen molar-refractivity contribution in [3.05, 3.63) is 35.4 Å². The number of halogens is 1. The Morgan fingerprint density at radius 3 is 2.28 bits per heavy atom. The highest BCUT2D eigenvalue weighted by molar-refractivity contribution is 5.94. The van der Waals surface area contributed by atoms with Crippen LogP contribution in [0.15, 0.2) is 24.3 Å². The first-order valence-corrected chi connectivity index (χ1v) is 6.08. The van der Waals surface area contributed by atoms with Gasteiger partial charge < -0.3 is 11.1 Å². The molecule has 0 atom stereocenters. The quantitative estimate of drug-likeness (QED) is 0.864. The van der Waals surface area contributed by atoms with Crippen LogP contribution in [0.2, 0.25) is 0 Å². The predicted molar refractivity (Wildman–Crippen MR) is 78.3 cm³/mol. The first-order chi connectivity index (χ1) is 7.92. The summed E-state index contributed by atoms with van der Waals surface area (Å²) < 4.78 is 0. The Morgan fingerprint density at radius 2 is 1.83 bits per heavy atom. The Kier molecular flexibility index (Phi) is 6.96. The van der Waals surface area contributed by atoms with Crippen molar-refractivity contribution in [3.63, 3.8) is 0 Å². The molecule has 0 aliphatic heterocycles. The van der Waals surface area contributed by atoms with E-state index in [9.17, 15) is 4.79 Å². The van der Waals surface area contributed by atoms with Gasteiger partial charge in [-0.15, -0.1) is 12.4 Å². The van der Waals surface area contributed by atoms with Crippen LogP contribution in [-0.2, 0) is 6.42 Å². The van der Waals surface area contributed by atoms with Gasteiger partial charge in [0.05, 0.1) is 0 Å². The average Bonchev–Trinajstić information content (AvgIpc) is 2.26. The highest BCUT2D eigenvalue weighted by Gasteiger charge is 2.13. The summed E-state index contributed by atoms with van der Waals surface area (Å²) in [6.07, 6.45) is 2.17. The van der Waals surface area contributed by atoms with Gasteiger partial charge in [0.15, 0.2) is 0 Å². The van der Waals surface area contributed by atoms with Crippen LogP contribution in [0.4, 0.5) is 0 Å². The Bertz CT molecular complexity index is 368. The zero-order valence-electron chi connectivity index (χ0n) is 11.3. The van der Waals surface area contributed by atoms with E-state index in [4.69, 9.17) is 5.73 Å². The van der Waals surface area contributed by atoms with Crippen molar-refractivity contribution in [1.29, 1.82) is 0 Å². The lowest BCUT2D eigenvalue weighted by atomic mass is 10.1. The van der Waals surface area contributed by atoms with Gasteiger partial charge in [0.2, 0.25) is 0 Å². The number of carbonyl (C=O) groups excluding carboxylic acids is 1. The van der Waals surface area contributed by atoms with Crippen LogP contribution in [0.25, 0.3) is 0 Å². The Labute approximate surface area is 116 Å². The van der Waals surface area contributed by atoms with Gasteiger partial charge in [-0.05, 0) is 38.0 Å². The Morgan fingerprint density at radius 1 is 1.28 bits per heavy atom. The average molecular weight is 271 g/mol. The highest BCUT2D eigenvalue weighted by Crippen LogP contribution is 2.07. The van der Waals surface area contributed by atoms with Crippen LogP contribution in [0.5, 0.6) is 0 Å². The number of carbonyl (C=O) groups is 1. The van der Waals surface area contributed by atoms with Crippen molar-refractivity contribution in [2.75, 3.05) is 6.54 Å². The molecule has 102 valence electrons. The van der Waals surface area contributed by atoms with Crippen LogP contribution in [-0.4, -0.2) is 18.0 Å². The van der Waals surface area contributed by atoms with E-state index in [0.717, 1.165) is 12.8 Å². The Hall–Kier alpha value is -1.06. The van der Waals surface area contributed by atoms with Gasteiger partial charge in [0, 0.05) is 17.6 Å². The van der Waals surface area contributed by atoms with E-state index in [0.29, 0.717) is 12.1 Å². The maximum atomic E-state index is 11.8. The van der Waals surface area contributed by atoms with E-state index in [2.05, 4.69) is 12.2 Å². The third kappa shape index (κ3) is 6.03. The molecule has 0 saturated heterocycles. The fourth-order valence-corrected chi connectivity index (χ4v) is 1.52. The van der Waals surface area contributed by atoms with Gasteiger partial charge in [0.25, 0.3) is 5.91 Å². The monoisotopic (exact) mass is 270 g/mol. The molecular formula is C14H23ClN2O. The summed E-state index contributed by atoms with van der Waals surface area (Å²) in [7, 11) is 0. The molecule has 1 rings (SSSR count). The molecule has 0 fully saturated rings. The van der Waals surface area contributed by atoms with Crippen molar-refractivity contribution in [1.82, 2.24) is 5.32 Å². The maximum absolute atomic E-state index is 11.8.